The van der Waals surface area contributed by atoms with Crippen LogP contribution in [0.2, 0.25) is 0 Å². The molecule has 1 aliphatic carbocycles. The maximum atomic E-state index is 12.3. The number of esters is 1. The van der Waals surface area contributed by atoms with E-state index in [9.17, 15) is 18.0 Å². The van der Waals surface area contributed by atoms with Gasteiger partial charge in [0.1, 0.15) is 9.77 Å². The molecule has 7 nitrogen and oxygen atoms in total. The molecule has 10 heteroatoms. The van der Waals surface area contributed by atoms with Gasteiger partial charge in [0.15, 0.2) is 6.61 Å². The topological polar surface area (TPSA) is 102 Å². The Morgan fingerprint density at radius 1 is 1.27 bits per heavy atom. The van der Waals surface area contributed by atoms with Gasteiger partial charge in [0.25, 0.3) is 5.91 Å². The molecule has 0 aliphatic heterocycles. The Balaban J connectivity index is 1.57. The second-order valence-electron chi connectivity index (χ2n) is 5.89. The molecule has 1 amide bonds. The molecule has 3 rings (SSSR count). The van der Waals surface area contributed by atoms with Gasteiger partial charge in [-0.15, -0.1) is 22.7 Å². The first-order chi connectivity index (χ1) is 12.4. The fourth-order valence-corrected chi connectivity index (χ4v) is 5.58. The van der Waals surface area contributed by atoms with Crippen LogP contribution in [0.25, 0.3) is 0 Å². The van der Waals surface area contributed by atoms with Crippen molar-refractivity contribution in [2.75, 3.05) is 6.61 Å². The third kappa shape index (κ3) is 4.70. The number of carbonyl (C=O) groups is 2. The van der Waals surface area contributed by atoms with Crippen molar-refractivity contribution < 1.29 is 22.7 Å². The fraction of sp³-hybridized carbons (Fsp3) is 0.375. The lowest BCUT2D eigenvalue weighted by atomic mass is 10.3. The largest absolute Gasteiger partial charge is 0.451 e. The predicted molar refractivity (Wildman–Crippen MR) is 98.8 cm³/mol. The molecule has 26 heavy (non-hydrogen) atoms. The Morgan fingerprint density at radius 3 is 2.69 bits per heavy atom. The first kappa shape index (κ1) is 19.0. The minimum absolute atomic E-state index is 0.0303. The molecule has 0 radical (unpaired) electrons. The van der Waals surface area contributed by atoms with Crippen molar-refractivity contribution in [3.05, 3.63) is 38.7 Å². The van der Waals surface area contributed by atoms with Gasteiger partial charge >= 0.3 is 5.97 Å². The van der Waals surface area contributed by atoms with E-state index in [1.807, 2.05) is 24.4 Å². The number of ether oxygens (including phenoxy) is 1. The summed E-state index contributed by atoms with van der Waals surface area (Å²) in [6.45, 7) is 1.36. The van der Waals surface area contributed by atoms with Crippen molar-refractivity contribution in [2.45, 2.75) is 36.7 Å². The van der Waals surface area contributed by atoms with Gasteiger partial charge in [-0.05, 0) is 42.7 Å². The third-order valence-electron chi connectivity index (χ3n) is 3.68. The van der Waals surface area contributed by atoms with E-state index >= 15 is 0 Å². The summed E-state index contributed by atoms with van der Waals surface area (Å²) in [5.41, 5.74) is 0. The highest BCUT2D eigenvalue weighted by Gasteiger charge is 2.31. The van der Waals surface area contributed by atoms with Crippen molar-refractivity contribution in [1.29, 1.82) is 0 Å². The molecule has 140 valence electrons. The molecule has 2 aromatic rings. The number of amides is 1. The maximum Gasteiger partial charge on any atom is 0.350 e. The van der Waals surface area contributed by atoms with Crippen molar-refractivity contribution in [3.63, 3.8) is 0 Å². The zero-order chi connectivity index (χ0) is 18.7. The van der Waals surface area contributed by atoms with Crippen LogP contribution in [0.15, 0.2) is 33.9 Å². The minimum Gasteiger partial charge on any atom is -0.451 e. The van der Waals surface area contributed by atoms with Crippen LogP contribution in [0.1, 0.15) is 40.4 Å². The molecular formula is C16H18N2O5S3. The monoisotopic (exact) mass is 414 g/mol. The number of hydrogen-bond acceptors (Lipinski definition) is 7. The smallest absolute Gasteiger partial charge is 0.350 e. The first-order valence-electron chi connectivity index (χ1n) is 7.96. The average molecular weight is 415 g/mol. The molecule has 1 fully saturated rings. The summed E-state index contributed by atoms with van der Waals surface area (Å²) < 4.78 is 32.1. The van der Waals surface area contributed by atoms with Crippen LogP contribution in [0.5, 0.6) is 0 Å². The van der Waals surface area contributed by atoms with E-state index in [-0.39, 0.29) is 21.9 Å². The summed E-state index contributed by atoms with van der Waals surface area (Å²) >= 11 is 2.49. The molecule has 2 N–H and O–H groups in total. The number of carbonyl (C=O) groups excluding carboxylic acids is 2. The summed E-state index contributed by atoms with van der Waals surface area (Å²) in [5, 5.41) is 6.15. The number of sulfonamides is 1. The van der Waals surface area contributed by atoms with Crippen LogP contribution in [0.4, 0.5) is 0 Å². The number of rotatable bonds is 8. The molecule has 1 unspecified atom stereocenters. The molecular weight excluding hydrogens is 396 g/mol. The van der Waals surface area contributed by atoms with Crippen LogP contribution >= 0.6 is 22.7 Å². The van der Waals surface area contributed by atoms with Crippen LogP contribution in [0.3, 0.4) is 0 Å². The van der Waals surface area contributed by atoms with Crippen molar-refractivity contribution in [1.82, 2.24) is 10.0 Å². The Kier molecular flexibility index (Phi) is 5.76. The van der Waals surface area contributed by atoms with E-state index in [1.54, 1.807) is 0 Å². The first-order valence-corrected chi connectivity index (χ1v) is 11.2. The molecule has 1 atom stereocenters. The normalized spacial score (nSPS) is 15.4. The van der Waals surface area contributed by atoms with E-state index in [4.69, 9.17) is 4.74 Å². The summed E-state index contributed by atoms with van der Waals surface area (Å²) in [6, 6.07) is 4.90. The van der Waals surface area contributed by atoms with Gasteiger partial charge in [0.2, 0.25) is 10.0 Å². The third-order valence-corrected chi connectivity index (χ3v) is 7.33. The predicted octanol–water partition coefficient (Wildman–Crippen LogP) is 2.28. The zero-order valence-electron chi connectivity index (χ0n) is 13.9. The second-order valence-corrected chi connectivity index (χ2v) is 9.47. The van der Waals surface area contributed by atoms with Crippen molar-refractivity contribution >= 4 is 44.6 Å². The molecule has 2 aromatic heterocycles. The fourth-order valence-electron chi connectivity index (χ4n) is 2.23. The number of thiophene rings is 2. The Labute approximate surface area is 159 Å². The summed E-state index contributed by atoms with van der Waals surface area (Å²) in [7, 11) is -3.76. The van der Waals surface area contributed by atoms with Crippen LogP contribution < -0.4 is 10.0 Å². The average Bonchev–Trinajstić information content (AvgIpc) is 3.10. The molecule has 0 saturated heterocycles. The molecule has 0 spiro atoms. The Morgan fingerprint density at radius 2 is 2.04 bits per heavy atom. The second kappa shape index (κ2) is 7.87. The van der Waals surface area contributed by atoms with Gasteiger partial charge in [-0.3, -0.25) is 4.79 Å². The van der Waals surface area contributed by atoms with Crippen LogP contribution in [-0.2, 0) is 19.6 Å². The van der Waals surface area contributed by atoms with Crippen molar-refractivity contribution in [3.8, 4) is 0 Å². The lowest BCUT2D eigenvalue weighted by Gasteiger charge is -2.12. The maximum absolute atomic E-state index is 12.3. The summed E-state index contributed by atoms with van der Waals surface area (Å²) in [4.78, 5) is 25.0. The van der Waals surface area contributed by atoms with Crippen LogP contribution in [-0.4, -0.2) is 32.9 Å². The van der Waals surface area contributed by atoms with Gasteiger partial charge in [0, 0.05) is 10.9 Å². The molecule has 1 saturated carbocycles. The van der Waals surface area contributed by atoms with E-state index < -0.39 is 28.5 Å². The molecule has 0 aromatic carbocycles. The quantitative estimate of drug-likeness (QED) is 0.646. The number of hydrogen-bond donors (Lipinski definition) is 2. The zero-order valence-corrected chi connectivity index (χ0v) is 16.4. The molecule has 2 heterocycles. The molecule has 1 aliphatic rings. The van der Waals surface area contributed by atoms with Gasteiger partial charge in [-0.25, -0.2) is 17.9 Å². The van der Waals surface area contributed by atoms with E-state index in [2.05, 4.69) is 10.0 Å². The highest BCUT2D eigenvalue weighted by molar-refractivity contribution is 7.89. The SMILES string of the molecule is CC(NC(=O)COC(=O)c1sccc1S(=O)(=O)NC1CC1)c1cccs1. The summed E-state index contributed by atoms with van der Waals surface area (Å²) in [6.07, 6.45) is 1.59. The summed E-state index contributed by atoms with van der Waals surface area (Å²) in [5.74, 6) is -1.27. The van der Waals surface area contributed by atoms with E-state index in [0.717, 1.165) is 29.1 Å². The number of nitrogens with one attached hydrogen (secondary N) is 2. The van der Waals surface area contributed by atoms with Crippen molar-refractivity contribution in [2.24, 2.45) is 0 Å². The van der Waals surface area contributed by atoms with Gasteiger partial charge in [0.05, 0.1) is 6.04 Å². The van der Waals surface area contributed by atoms with Gasteiger partial charge < -0.3 is 10.1 Å². The standard InChI is InChI=1S/C16H18N2O5S3/c1-10(12-3-2-7-24-12)17-14(19)9-23-16(20)15-13(6-8-25-15)26(21,22)18-11-4-5-11/h2-3,6-8,10-11,18H,4-5,9H2,1H3,(H,17,19). The van der Waals surface area contributed by atoms with Gasteiger partial charge in [-0.2, -0.15) is 0 Å². The van der Waals surface area contributed by atoms with Gasteiger partial charge in [-0.1, -0.05) is 6.07 Å². The highest BCUT2D eigenvalue weighted by atomic mass is 32.2. The lowest BCUT2D eigenvalue weighted by molar-refractivity contribution is -0.124. The van der Waals surface area contributed by atoms with E-state index in [0.29, 0.717) is 0 Å². The minimum atomic E-state index is -3.76. The Bertz CT molecular complexity index is 885. The van der Waals surface area contributed by atoms with E-state index in [1.165, 1.54) is 22.8 Å². The lowest BCUT2D eigenvalue weighted by Crippen LogP contribution is -2.31. The molecule has 0 bridgehead atoms. The highest BCUT2D eigenvalue weighted by Crippen LogP contribution is 2.27. The van der Waals surface area contributed by atoms with Crippen LogP contribution in [0, 0.1) is 0 Å². The Hall–Kier alpha value is -1.75.